The summed E-state index contributed by atoms with van der Waals surface area (Å²) in [5.41, 5.74) is 5.70. The van der Waals surface area contributed by atoms with Crippen LogP contribution in [-0.2, 0) is 10.0 Å². The lowest BCUT2D eigenvalue weighted by atomic mass is 9.94. The molecule has 1 saturated heterocycles. The Bertz CT molecular complexity index is 368. The molecule has 0 spiro atoms. The summed E-state index contributed by atoms with van der Waals surface area (Å²) in [5, 5.41) is 0. The van der Waals surface area contributed by atoms with Crippen molar-refractivity contribution in [2.24, 2.45) is 11.1 Å². The van der Waals surface area contributed by atoms with Crippen LogP contribution in [0.15, 0.2) is 0 Å². The van der Waals surface area contributed by atoms with Crippen molar-refractivity contribution in [3.8, 4) is 0 Å². The first kappa shape index (κ1) is 16.9. The lowest BCUT2D eigenvalue weighted by Crippen LogP contribution is -2.53. The Morgan fingerprint density at radius 3 is 2.11 bits per heavy atom. The van der Waals surface area contributed by atoms with Gasteiger partial charge in [-0.3, -0.25) is 4.90 Å². The van der Waals surface area contributed by atoms with Crippen LogP contribution < -0.4 is 5.73 Å². The molecule has 1 rings (SSSR count). The summed E-state index contributed by atoms with van der Waals surface area (Å²) in [6, 6.07) is 0.333. The van der Waals surface area contributed by atoms with Crippen LogP contribution in [0.2, 0.25) is 0 Å². The summed E-state index contributed by atoms with van der Waals surface area (Å²) in [4.78, 5) is 2.26. The Kier molecular flexibility index (Phi) is 5.79. The summed E-state index contributed by atoms with van der Waals surface area (Å²) in [6.07, 6.45) is 0.703. The second-order valence-corrected chi connectivity index (χ2v) is 8.73. The minimum absolute atomic E-state index is 0.0585. The summed E-state index contributed by atoms with van der Waals surface area (Å²) in [5.74, 6) is 0.253. The van der Waals surface area contributed by atoms with Gasteiger partial charge in [-0.05, 0) is 18.8 Å². The van der Waals surface area contributed by atoms with Gasteiger partial charge >= 0.3 is 0 Å². The van der Waals surface area contributed by atoms with Gasteiger partial charge in [0.15, 0.2) is 0 Å². The molecule has 0 radical (unpaired) electrons. The molecule has 6 heteroatoms. The zero-order valence-electron chi connectivity index (χ0n) is 12.7. The molecule has 1 unspecified atom stereocenters. The Labute approximate surface area is 118 Å². The standard InChI is InChI=1S/C13H29N3O2S/c1-12(11-14)15-6-8-16(9-7-15)19(17,18)10-5-13(2,3)4/h12H,5-11,14H2,1-4H3. The third kappa shape index (κ3) is 5.38. The molecule has 0 aliphatic carbocycles. The van der Waals surface area contributed by atoms with Crippen LogP contribution in [0.1, 0.15) is 34.1 Å². The molecule has 1 fully saturated rings. The zero-order chi connectivity index (χ0) is 14.7. The molecular weight excluding hydrogens is 262 g/mol. The predicted molar refractivity (Wildman–Crippen MR) is 79.5 cm³/mol. The number of nitrogens with zero attached hydrogens (tertiary/aromatic N) is 2. The number of nitrogens with two attached hydrogens (primary N) is 1. The lowest BCUT2D eigenvalue weighted by molar-refractivity contribution is 0.148. The number of hydrogen-bond donors (Lipinski definition) is 1. The molecule has 1 heterocycles. The summed E-state index contributed by atoms with van der Waals surface area (Å²) in [7, 11) is -3.10. The van der Waals surface area contributed by atoms with Gasteiger partial charge in [0.05, 0.1) is 5.75 Å². The van der Waals surface area contributed by atoms with Crippen molar-refractivity contribution in [1.82, 2.24) is 9.21 Å². The molecule has 0 aromatic rings. The fourth-order valence-electron chi connectivity index (χ4n) is 2.14. The van der Waals surface area contributed by atoms with E-state index in [0.717, 1.165) is 13.1 Å². The van der Waals surface area contributed by atoms with Crippen molar-refractivity contribution in [2.45, 2.75) is 40.2 Å². The first-order chi connectivity index (χ1) is 8.65. The number of hydrogen-bond acceptors (Lipinski definition) is 4. The van der Waals surface area contributed by atoms with Crippen LogP contribution in [0.4, 0.5) is 0 Å². The minimum Gasteiger partial charge on any atom is -0.329 e. The van der Waals surface area contributed by atoms with Crippen molar-refractivity contribution in [3.63, 3.8) is 0 Å². The maximum atomic E-state index is 12.3. The molecule has 19 heavy (non-hydrogen) atoms. The van der Waals surface area contributed by atoms with Crippen LogP contribution in [0, 0.1) is 5.41 Å². The van der Waals surface area contributed by atoms with Crippen molar-refractivity contribution >= 4 is 10.0 Å². The van der Waals surface area contributed by atoms with Crippen LogP contribution in [-0.4, -0.2) is 62.1 Å². The van der Waals surface area contributed by atoms with Gasteiger partial charge in [-0.1, -0.05) is 20.8 Å². The fourth-order valence-corrected chi connectivity index (χ4v) is 3.98. The first-order valence-corrected chi connectivity index (χ1v) is 8.68. The van der Waals surface area contributed by atoms with Gasteiger partial charge in [-0.2, -0.15) is 4.31 Å². The molecule has 5 nitrogen and oxygen atoms in total. The first-order valence-electron chi connectivity index (χ1n) is 7.08. The number of piperazine rings is 1. The molecule has 1 aliphatic rings. The average Bonchev–Trinajstić information content (AvgIpc) is 2.35. The van der Waals surface area contributed by atoms with Gasteiger partial charge in [-0.15, -0.1) is 0 Å². The highest BCUT2D eigenvalue weighted by Crippen LogP contribution is 2.21. The lowest BCUT2D eigenvalue weighted by Gasteiger charge is -2.37. The van der Waals surface area contributed by atoms with Crippen molar-refractivity contribution < 1.29 is 8.42 Å². The minimum atomic E-state index is -3.10. The van der Waals surface area contributed by atoms with Crippen LogP contribution in [0.5, 0.6) is 0 Å². The normalized spacial score (nSPS) is 21.5. The van der Waals surface area contributed by atoms with Gasteiger partial charge in [0, 0.05) is 38.8 Å². The summed E-state index contributed by atoms with van der Waals surface area (Å²) in [6.45, 7) is 11.7. The van der Waals surface area contributed by atoms with E-state index in [9.17, 15) is 8.42 Å². The molecule has 0 saturated carbocycles. The Morgan fingerprint density at radius 1 is 1.16 bits per heavy atom. The van der Waals surface area contributed by atoms with Crippen LogP contribution >= 0.6 is 0 Å². The average molecular weight is 291 g/mol. The van der Waals surface area contributed by atoms with Crippen LogP contribution in [0.25, 0.3) is 0 Å². The topological polar surface area (TPSA) is 66.6 Å². The van der Waals surface area contributed by atoms with E-state index in [1.165, 1.54) is 0 Å². The highest BCUT2D eigenvalue weighted by atomic mass is 32.2. The maximum Gasteiger partial charge on any atom is 0.214 e. The Balaban J connectivity index is 2.50. The van der Waals surface area contributed by atoms with Gasteiger partial charge in [0.2, 0.25) is 10.0 Å². The zero-order valence-corrected chi connectivity index (χ0v) is 13.5. The molecule has 0 aromatic carbocycles. The van der Waals surface area contributed by atoms with E-state index in [4.69, 9.17) is 5.73 Å². The predicted octanol–water partition coefficient (Wildman–Crippen LogP) is 0.717. The monoisotopic (exact) mass is 291 g/mol. The Morgan fingerprint density at radius 2 is 1.68 bits per heavy atom. The molecule has 1 atom stereocenters. The summed E-state index contributed by atoms with van der Waals surface area (Å²) < 4.78 is 26.2. The third-order valence-electron chi connectivity index (χ3n) is 3.74. The van der Waals surface area contributed by atoms with Gasteiger partial charge in [-0.25, -0.2) is 8.42 Å². The largest absolute Gasteiger partial charge is 0.329 e. The van der Waals surface area contributed by atoms with Crippen LogP contribution in [0.3, 0.4) is 0 Å². The molecular formula is C13H29N3O2S. The maximum absolute atomic E-state index is 12.3. The van der Waals surface area contributed by atoms with E-state index < -0.39 is 10.0 Å². The van der Waals surface area contributed by atoms with E-state index >= 15 is 0 Å². The van der Waals surface area contributed by atoms with E-state index in [1.54, 1.807) is 4.31 Å². The Hall–Kier alpha value is -0.170. The molecule has 2 N–H and O–H groups in total. The van der Waals surface area contributed by atoms with Gasteiger partial charge < -0.3 is 5.73 Å². The molecule has 1 aliphatic heterocycles. The fraction of sp³-hybridized carbons (Fsp3) is 1.00. The smallest absolute Gasteiger partial charge is 0.214 e. The van der Waals surface area contributed by atoms with Gasteiger partial charge in [0.25, 0.3) is 0 Å². The quantitative estimate of drug-likeness (QED) is 0.810. The van der Waals surface area contributed by atoms with E-state index in [2.05, 4.69) is 32.6 Å². The second-order valence-electron chi connectivity index (χ2n) is 6.65. The second kappa shape index (κ2) is 6.52. The molecule has 114 valence electrons. The third-order valence-corrected chi connectivity index (χ3v) is 5.61. The SMILES string of the molecule is CC(CN)N1CCN(S(=O)(=O)CCC(C)(C)C)CC1. The number of rotatable bonds is 5. The number of sulfonamides is 1. The highest BCUT2D eigenvalue weighted by molar-refractivity contribution is 7.89. The van der Waals surface area contributed by atoms with E-state index in [-0.39, 0.29) is 11.2 Å². The van der Waals surface area contributed by atoms with E-state index in [0.29, 0.717) is 32.1 Å². The van der Waals surface area contributed by atoms with E-state index in [1.807, 2.05) is 0 Å². The molecule has 0 amide bonds. The van der Waals surface area contributed by atoms with Crippen molar-refractivity contribution in [1.29, 1.82) is 0 Å². The molecule has 0 aromatic heterocycles. The molecule has 0 bridgehead atoms. The summed E-state index contributed by atoms with van der Waals surface area (Å²) >= 11 is 0. The van der Waals surface area contributed by atoms with Gasteiger partial charge in [0.1, 0.15) is 0 Å². The highest BCUT2D eigenvalue weighted by Gasteiger charge is 2.29. The van der Waals surface area contributed by atoms with Crippen molar-refractivity contribution in [3.05, 3.63) is 0 Å². The van der Waals surface area contributed by atoms with Crippen molar-refractivity contribution in [2.75, 3.05) is 38.5 Å².